The average molecular weight is 274 g/mol. The molecule has 0 spiro atoms. The van der Waals surface area contributed by atoms with Crippen LogP contribution in [0.4, 0.5) is 0 Å². The Kier molecular flexibility index (Phi) is 2.67. The van der Waals surface area contributed by atoms with Gasteiger partial charge in [-0.1, -0.05) is 17.3 Å². The predicted octanol–water partition coefficient (Wildman–Crippen LogP) is 3.35. The lowest BCUT2D eigenvalue weighted by Crippen LogP contribution is -1.84. The molecule has 0 radical (unpaired) electrons. The van der Waals surface area contributed by atoms with E-state index in [9.17, 15) is 0 Å². The molecule has 0 aliphatic rings. The molecule has 21 heavy (non-hydrogen) atoms. The highest BCUT2D eigenvalue weighted by atomic mass is 16.5. The van der Waals surface area contributed by atoms with Gasteiger partial charge in [0.15, 0.2) is 0 Å². The van der Waals surface area contributed by atoms with Crippen molar-refractivity contribution in [1.82, 2.24) is 20.1 Å². The lowest BCUT2D eigenvalue weighted by molar-refractivity contribution is 0.432. The first-order chi connectivity index (χ1) is 10.4. The number of hydrogen-bond donors (Lipinski definition) is 0. The van der Waals surface area contributed by atoms with E-state index in [0.29, 0.717) is 17.4 Å². The molecule has 0 aliphatic carbocycles. The SMILES string of the molecule is c1ccc(-c2noc(-c3ccc4cnccc4c3)n2)nc1. The third-order valence-corrected chi connectivity index (χ3v) is 3.21. The lowest BCUT2D eigenvalue weighted by atomic mass is 10.1. The highest BCUT2D eigenvalue weighted by Gasteiger charge is 2.11. The topological polar surface area (TPSA) is 64.7 Å². The average Bonchev–Trinajstić information content (AvgIpc) is 3.05. The Morgan fingerprint density at radius 3 is 2.81 bits per heavy atom. The van der Waals surface area contributed by atoms with Gasteiger partial charge in [0.05, 0.1) is 0 Å². The van der Waals surface area contributed by atoms with E-state index in [1.807, 2.05) is 48.7 Å². The minimum absolute atomic E-state index is 0.481. The van der Waals surface area contributed by atoms with Crippen LogP contribution in [0.15, 0.2) is 65.6 Å². The second-order valence-electron chi connectivity index (χ2n) is 4.58. The number of benzene rings is 1. The maximum atomic E-state index is 5.34. The van der Waals surface area contributed by atoms with Gasteiger partial charge in [-0.3, -0.25) is 9.97 Å². The van der Waals surface area contributed by atoms with Gasteiger partial charge in [0.1, 0.15) is 5.69 Å². The first-order valence-corrected chi connectivity index (χ1v) is 6.49. The smallest absolute Gasteiger partial charge is 0.258 e. The molecule has 1 aromatic carbocycles. The third-order valence-electron chi connectivity index (χ3n) is 3.21. The van der Waals surface area contributed by atoms with E-state index in [2.05, 4.69) is 20.1 Å². The summed E-state index contributed by atoms with van der Waals surface area (Å²) >= 11 is 0. The molecule has 4 aromatic rings. The number of hydrogen-bond acceptors (Lipinski definition) is 5. The number of rotatable bonds is 2. The van der Waals surface area contributed by atoms with Crippen molar-refractivity contribution in [3.63, 3.8) is 0 Å². The van der Waals surface area contributed by atoms with E-state index in [-0.39, 0.29) is 0 Å². The van der Waals surface area contributed by atoms with Gasteiger partial charge < -0.3 is 4.52 Å². The van der Waals surface area contributed by atoms with Crippen molar-refractivity contribution in [3.8, 4) is 23.0 Å². The van der Waals surface area contributed by atoms with Gasteiger partial charge in [0, 0.05) is 29.5 Å². The standard InChI is InChI=1S/C16H10N4O/c1-2-7-18-14(3-1)15-19-16(21-20-15)12-4-5-13-10-17-8-6-11(13)9-12/h1-10H. The maximum Gasteiger partial charge on any atom is 0.258 e. The Balaban J connectivity index is 1.77. The van der Waals surface area contributed by atoms with Crippen LogP contribution in [0.25, 0.3) is 33.7 Å². The zero-order valence-electron chi connectivity index (χ0n) is 11.0. The molecule has 0 fully saturated rings. The highest BCUT2D eigenvalue weighted by molar-refractivity contribution is 5.85. The van der Waals surface area contributed by atoms with Gasteiger partial charge in [0.25, 0.3) is 5.89 Å². The fraction of sp³-hybridized carbons (Fsp3) is 0. The molecule has 100 valence electrons. The van der Waals surface area contributed by atoms with Crippen LogP contribution in [0.3, 0.4) is 0 Å². The second-order valence-corrected chi connectivity index (χ2v) is 4.58. The number of aromatic nitrogens is 4. The summed E-state index contributed by atoms with van der Waals surface area (Å²) in [5, 5.41) is 6.14. The molecule has 0 atom stereocenters. The van der Waals surface area contributed by atoms with Gasteiger partial charge in [-0.15, -0.1) is 0 Å². The Morgan fingerprint density at radius 2 is 1.90 bits per heavy atom. The molecule has 0 N–H and O–H groups in total. The van der Waals surface area contributed by atoms with Gasteiger partial charge in [-0.2, -0.15) is 4.98 Å². The van der Waals surface area contributed by atoms with Gasteiger partial charge in [0.2, 0.25) is 5.82 Å². The summed E-state index contributed by atoms with van der Waals surface area (Å²) in [5.74, 6) is 0.967. The minimum atomic E-state index is 0.481. The molecule has 0 aliphatic heterocycles. The number of nitrogens with zero attached hydrogens (tertiary/aromatic N) is 4. The molecule has 0 amide bonds. The molecular formula is C16H10N4O. The van der Waals surface area contributed by atoms with Crippen molar-refractivity contribution >= 4 is 10.8 Å². The predicted molar refractivity (Wildman–Crippen MR) is 78.3 cm³/mol. The summed E-state index contributed by atoms with van der Waals surface area (Å²) in [6, 6.07) is 13.5. The zero-order valence-corrected chi connectivity index (χ0v) is 11.0. The van der Waals surface area contributed by atoms with E-state index in [1.54, 1.807) is 12.4 Å². The van der Waals surface area contributed by atoms with E-state index in [4.69, 9.17) is 4.52 Å². The van der Waals surface area contributed by atoms with Crippen LogP contribution in [-0.4, -0.2) is 20.1 Å². The summed E-state index contributed by atoms with van der Waals surface area (Å²) in [6.45, 7) is 0. The Labute approximate surface area is 120 Å². The summed E-state index contributed by atoms with van der Waals surface area (Å²) in [5.41, 5.74) is 1.57. The molecule has 0 unspecified atom stereocenters. The van der Waals surface area contributed by atoms with Crippen LogP contribution in [-0.2, 0) is 0 Å². The molecule has 4 rings (SSSR count). The van der Waals surface area contributed by atoms with E-state index >= 15 is 0 Å². The van der Waals surface area contributed by atoms with Crippen molar-refractivity contribution < 1.29 is 4.52 Å². The zero-order chi connectivity index (χ0) is 14.1. The van der Waals surface area contributed by atoms with E-state index in [1.165, 1.54) is 0 Å². The van der Waals surface area contributed by atoms with Crippen LogP contribution >= 0.6 is 0 Å². The molecule has 0 saturated heterocycles. The fourth-order valence-corrected chi connectivity index (χ4v) is 2.16. The van der Waals surface area contributed by atoms with Crippen molar-refractivity contribution in [3.05, 3.63) is 61.1 Å². The van der Waals surface area contributed by atoms with Gasteiger partial charge in [-0.05, 0) is 35.7 Å². The van der Waals surface area contributed by atoms with Crippen molar-refractivity contribution in [2.24, 2.45) is 0 Å². The first kappa shape index (κ1) is 11.7. The fourth-order valence-electron chi connectivity index (χ4n) is 2.16. The van der Waals surface area contributed by atoms with Crippen molar-refractivity contribution in [2.45, 2.75) is 0 Å². The van der Waals surface area contributed by atoms with Crippen molar-refractivity contribution in [1.29, 1.82) is 0 Å². The number of fused-ring (bicyclic) bond motifs is 1. The van der Waals surface area contributed by atoms with Gasteiger partial charge >= 0.3 is 0 Å². The Hall–Kier alpha value is -3.08. The number of pyridine rings is 2. The molecule has 3 heterocycles. The summed E-state index contributed by atoms with van der Waals surface area (Å²) in [6.07, 6.45) is 5.29. The lowest BCUT2D eigenvalue weighted by Gasteiger charge is -1.98. The summed E-state index contributed by atoms with van der Waals surface area (Å²) < 4.78 is 5.34. The first-order valence-electron chi connectivity index (χ1n) is 6.49. The largest absolute Gasteiger partial charge is 0.334 e. The maximum absolute atomic E-state index is 5.34. The molecule has 3 aromatic heterocycles. The third kappa shape index (κ3) is 2.14. The van der Waals surface area contributed by atoms with E-state index < -0.39 is 0 Å². The minimum Gasteiger partial charge on any atom is -0.334 e. The molecule has 5 nitrogen and oxygen atoms in total. The Bertz CT molecular complexity index is 902. The molecule has 0 bridgehead atoms. The highest BCUT2D eigenvalue weighted by Crippen LogP contribution is 2.24. The van der Waals surface area contributed by atoms with Gasteiger partial charge in [-0.25, -0.2) is 0 Å². The van der Waals surface area contributed by atoms with Crippen LogP contribution in [0, 0.1) is 0 Å². The van der Waals surface area contributed by atoms with Crippen LogP contribution in [0.1, 0.15) is 0 Å². The molecule has 0 saturated carbocycles. The quantitative estimate of drug-likeness (QED) is 0.561. The van der Waals surface area contributed by atoms with E-state index in [0.717, 1.165) is 16.3 Å². The van der Waals surface area contributed by atoms with Crippen LogP contribution < -0.4 is 0 Å². The van der Waals surface area contributed by atoms with Crippen molar-refractivity contribution in [2.75, 3.05) is 0 Å². The molecular weight excluding hydrogens is 264 g/mol. The molecule has 5 heteroatoms. The monoisotopic (exact) mass is 274 g/mol. The second kappa shape index (κ2) is 4.79. The summed E-state index contributed by atoms with van der Waals surface area (Å²) in [7, 11) is 0. The Morgan fingerprint density at radius 1 is 0.905 bits per heavy atom. The van der Waals surface area contributed by atoms with Crippen LogP contribution in [0.5, 0.6) is 0 Å². The normalized spacial score (nSPS) is 10.9. The summed E-state index contributed by atoms with van der Waals surface area (Å²) in [4.78, 5) is 12.7. The van der Waals surface area contributed by atoms with Crippen LogP contribution in [0.2, 0.25) is 0 Å².